The van der Waals surface area contributed by atoms with E-state index in [1.165, 1.54) is 0 Å². The second kappa shape index (κ2) is 5.95. The molecule has 0 saturated carbocycles. The third-order valence-corrected chi connectivity index (χ3v) is 4.03. The molecule has 0 aliphatic carbocycles. The molecule has 1 atom stereocenters. The second-order valence-electron chi connectivity index (χ2n) is 4.43. The lowest BCUT2D eigenvalue weighted by molar-refractivity contribution is -0.141. The van der Waals surface area contributed by atoms with Crippen LogP contribution in [-0.2, 0) is 16.0 Å². The number of thiazole rings is 1. The van der Waals surface area contributed by atoms with Crippen molar-refractivity contribution in [1.29, 1.82) is 0 Å². The van der Waals surface area contributed by atoms with Crippen LogP contribution in [0.1, 0.15) is 30.7 Å². The van der Waals surface area contributed by atoms with Crippen LogP contribution in [0.2, 0.25) is 0 Å². The van der Waals surface area contributed by atoms with Gasteiger partial charge >= 0.3 is 0 Å². The van der Waals surface area contributed by atoms with E-state index in [0.29, 0.717) is 25.8 Å². The number of hydrogen-bond acceptors (Lipinski definition) is 4. The summed E-state index contributed by atoms with van der Waals surface area (Å²) in [6.45, 7) is 0.643. The molecule has 0 aromatic carbocycles. The predicted octanol–water partition coefficient (Wildman–Crippen LogP) is 0.942. The van der Waals surface area contributed by atoms with Crippen LogP contribution >= 0.6 is 11.3 Å². The Kier molecular flexibility index (Phi) is 4.30. The SMILES string of the molecule is NC(=O)C1CCCCN1C(=O)CCc1nccs1. The molecule has 0 spiro atoms. The molecule has 1 unspecified atom stereocenters. The normalized spacial score (nSPS) is 19.8. The zero-order chi connectivity index (χ0) is 13.0. The summed E-state index contributed by atoms with van der Waals surface area (Å²) in [4.78, 5) is 29.2. The first-order chi connectivity index (χ1) is 8.68. The van der Waals surface area contributed by atoms with E-state index >= 15 is 0 Å². The Bertz CT molecular complexity index is 419. The molecular formula is C12H17N3O2S. The van der Waals surface area contributed by atoms with E-state index in [9.17, 15) is 9.59 Å². The van der Waals surface area contributed by atoms with Crippen LogP contribution in [0, 0.1) is 0 Å². The van der Waals surface area contributed by atoms with Crippen LogP contribution in [0.5, 0.6) is 0 Å². The third-order valence-electron chi connectivity index (χ3n) is 3.19. The van der Waals surface area contributed by atoms with Gasteiger partial charge in [0, 0.05) is 31.0 Å². The molecule has 1 aromatic heterocycles. The minimum absolute atomic E-state index is 0.00806. The molecular weight excluding hydrogens is 250 g/mol. The Morgan fingerprint density at radius 1 is 1.50 bits per heavy atom. The highest BCUT2D eigenvalue weighted by Gasteiger charge is 2.30. The molecule has 1 fully saturated rings. The average molecular weight is 267 g/mol. The fraction of sp³-hybridized carbons (Fsp3) is 0.583. The number of likely N-dealkylation sites (tertiary alicyclic amines) is 1. The first-order valence-corrected chi connectivity index (χ1v) is 7.03. The molecule has 2 heterocycles. The van der Waals surface area contributed by atoms with Crippen molar-refractivity contribution >= 4 is 23.2 Å². The van der Waals surface area contributed by atoms with Gasteiger partial charge in [0.2, 0.25) is 11.8 Å². The van der Waals surface area contributed by atoms with Crippen LogP contribution in [0.15, 0.2) is 11.6 Å². The fourth-order valence-electron chi connectivity index (χ4n) is 2.26. The van der Waals surface area contributed by atoms with Gasteiger partial charge in [0.15, 0.2) is 0 Å². The van der Waals surface area contributed by atoms with E-state index in [2.05, 4.69) is 4.98 Å². The molecule has 98 valence electrons. The van der Waals surface area contributed by atoms with Gasteiger partial charge in [-0.2, -0.15) is 0 Å². The summed E-state index contributed by atoms with van der Waals surface area (Å²) >= 11 is 1.55. The molecule has 1 aromatic rings. The molecule has 0 radical (unpaired) electrons. The smallest absolute Gasteiger partial charge is 0.240 e. The highest BCUT2D eigenvalue weighted by atomic mass is 32.1. The van der Waals surface area contributed by atoms with E-state index in [-0.39, 0.29) is 5.91 Å². The van der Waals surface area contributed by atoms with Gasteiger partial charge in [0.05, 0.1) is 5.01 Å². The number of amides is 2. The maximum absolute atomic E-state index is 12.1. The van der Waals surface area contributed by atoms with Crippen LogP contribution in [-0.4, -0.2) is 34.3 Å². The van der Waals surface area contributed by atoms with Crippen molar-refractivity contribution in [2.24, 2.45) is 5.73 Å². The van der Waals surface area contributed by atoms with Crippen molar-refractivity contribution in [2.45, 2.75) is 38.1 Å². The number of aryl methyl sites for hydroxylation is 1. The molecule has 18 heavy (non-hydrogen) atoms. The number of piperidine rings is 1. The summed E-state index contributed by atoms with van der Waals surface area (Å²) in [5.74, 6) is -0.383. The van der Waals surface area contributed by atoms with Crippen molar-refractivity contribution in [3.05, 3.63) is 16.6 Å². The minimum Gasteiger partial charge on any atom is -0.368 e. The molecule has 2 N–H and O–H groups in total. The number of primary amides is 1. The molecule has 0 bridgehead atoms. The largest absolute Gasteiger partial charge is 0.368 e. The maximum Gasteiger partial charge on any atom is 0.240 e. The first-order valence-electron chi connectivity index (χ1n) is 6.15. The summed E-state index contributed by atoms with van der Waals surface area (Å²) in [5, 5.41) is 2.85. The topological polar surface area (TPSA) is 76.3 Å². The molecule has 1 saturated heterocycles. The Hall–Kier alpha value is -1.43. The monoisotopic (exact) mass is 267 g/mol. The van der Waals surface area contributed by atoms with E-state index in [4.69, 9.17) is 5.73 Å². The lowest BCUT2D eigenvalue weighted by Crippen LogP contribution is -2.50. The highest BCUT2D eigenvalue weighted by molar-refractivity contribution is 7.09. The first kappa shape index (κ1) is 13.0. The number of nitrogens with two attached hydrogens (primary N) is 1. The lowest BCUT2D eigenvalue weighted by atomic mass is 10.0. The molecule has 2 rings (SSSR count). The Morgan fingerprint density at radius 3 is 3.00 bits per heavy atom. The second-order valence-corrected chi connectivity index (χ2v) is 5.41. The fourth-order valence-corrected chi connectivity index (χ4v) is 2.88. The van der Waals surface area contributed by atoms with Gasteiger partial charge in [-0.1, -0.05) is 0 Å². The standard InChI is InChI=1S/C12H17N3O2S/c13-12(17)9-3-1-2-7-15(9)11(16)5-4-10-14-6-8-18-10/h6,8-9H,1-5,7H2,(H2,13,17). The van der Waals surface area contributed by atoms with Crippen molar-refractivity contribution in [2.75, 3.05) is 6.54 Å². The van der Waals surface area contributed by atoms with Crippen LogP contribution in [0.3, 0.4) is 0 Å². The van der Waals surface area contributed by atoms with E-state index in [0.717, 1.165) is 17.8 Å². The van der Waals surface area contributed by atoms with Gasteiger partial charge in [-0.15, -0.1) is 11.3 Å². The number of aromatic nitrogens is 1. The van der Waals surface area contributed by atoms with Crippen molar-refractivity contribution in [3.63, 3.8) is 0 Å². The molecule has 2 amide bonds. The number of nitrogens with zero attached hydrogens (tertiary/aromatic N) is 2. The Morgan fingerprint density at radius 2 is 2.33 bits per heavy atom. The number of carbonyl (C=O) groups is 2. The molecule has 1 aliphatic heterocycles. The quantitative estimate of drug-likeness (QED) is 0.882. The highest BCUT2D eigenvalue weighted by Crippen LogP contribution is 2.18. The number of hydrogen-bond donors (Lipinski definition) is 1. The van der Waals surface area contributed by atoms with Gasteiger partial charge in [0.25, 0.3) is 0 Å². The summed E-state index contributed by atoms with van der Waals surface area (Å²) in [6.07, 6.45) is 5.38. The van der Waals surface area contributed by atoms with Gasteiger partial charge in [-0.3, -0.25) is 9.59 Å². The van der Waals surface area contributed by atoms with Crippen molar-refractivity contribution < 1.29 is 9.59 Å². The average Bonchev–Trinajstić information content (AvgIpc) is 2.89. The Balaban J connectivity index is 1.92. The predicted molar refractivity (Wildman–Crippen MR) is 69.0 cm³/mol. The van der Waals surface area contributed by atoms with Gasteiger partial charge in [-0.25, -0.2) is 4.98 Å². The Labute approximate surface area is 110 Å². The molecule has 1 aliphatic rings. The minimum atomic E-state index is -0.414. The zero-order valence-electron chi connectivity index (χ0n) is 10.2. The van der Waals surface area contributed by atoms with Crippen LogP contribution in [0.4, 0.5) is 0 Å². The van der Waals surface area contributed by atoms with Crippen LogP contribution < -0.4 is 5.73 Å². The maximum atomic E-state index is 12.1. The lowest BCUT2D eigenvalue weighted by Gasteiger charge is -2.33. The van der Waals surface area contributed by atoms with Gasteiger partial charge in [-0.05, 0) is 19.3 Å². The summed E-state index contributed by atoms with van der Waals surface area (Å²) in [5.41, 5.74) is 5.34. The molecule has 5 nitrogen and oxygen atoms in total. The van der Waals surface area contributed by atoms with Crippen LogP contribution in [0.25, 0.3) is 0 Å². The third kappa shape index (κ3) is 3.07. The summed E-state index contributed by atoms with van der Waals surface area (Å²) in [7, 11) is 0. The zero-order valence-corrected chi connectivity index (χ0v) is 11.0. The van der Waals surface area contributed by atoms with E-state index in [1.807, 2.05) is 5.38 Å². The van der Waals surface area contributed by atoms with E-state index in [1.54, 1.807) is 22.4 Å². The van der Waals surface area contributed by atoms with Gasteiger partial charge in [0.1, 0.15) is 6.04 Å². The van der Waals surface area contributed by atoms with Crippen molar-refractivity contribution in [1.82, 2.24) is 9.88 Å². The van der Waals surface area contributed by atoms with Crippen molar-refractivity contribution in [3.8, 4) is 0 Å². The number of carbonyl (C=O) groups excluding carboxylic acids is 2. The van der Waals surface area contributed by atoms with E-state index < -0.39 is 11.9 Å². The number of rotatable bonds is 4. The summed E-state index contributed by atoms with van der Waals surface area (Å²) < 4.78 is 0. The van der Waals surface area contributed by atoms with Gasteiger partial charge < -0.3 is 10.6 Å². The molecule has 6 heteroatoms. The summed E-state index contributed by atoms with van der Waals surface area (Å²) in [6, 6.07) is -0.414.